The minimum Gasteiger partial charge on any atom is -0.330 e. The van der Waals surface area contributed by atoms with Gasteiger partial charge in [0.15, 0.2) is 0 Å². The molecular formula is C15H21N3OS. The summed E-state index contributed by atoms with van der Waals surface area (Å²) in [5, 5.41) is 12.9. The van der Waals surface area contributed by atoms with Gasteiger partial charge in [-0.1, -0.05) is 12.8 Å². The Balaban J connectivity index is 2.15. The molecule has 3 N–H and O–H groups in total. The summed E-state index contributed by atoms with van der Waals surface area (Å²) < 4.78 is 0. The van der Waals surface area contributed by atoms with Gasteiger partial charge in [-0.15, -0.1) is 11.3 Å². The zero-order valence-electron chi connectivity index (χ0n) is 12.0. The highest BCUT2D eigenvalue weighted by Crippen LogP contribution is 2.34. The second-order valence-electron chi connectivity index (χ2n) is 5.48. The summed E-state index contributed by atoms with van der Waals surface area (Å²) >= 11 is 1.48. The van der Waals surface area contributed by atoms with E-state index in [0.29, 0.717) is 17.1 Å². The second kappa shape index (κ2) is 6.38. The van der Waals surface area contributed by atoms with Crippen LogP contribution < -0.4 is 11.1 Å². The molecule has 2 atom stereocenters. The smallest absolute Gasteiger partial charge is 0.228 e. The second-order valence-corrected chi connectivity index (χ2v) is 6.70. The molecule has 0 saturated heterocycles. The molecule has 1 saturated carbocycles. The Morgan fingerprint density at radius 1 is 1.45 bits per heavy atom. The van der Waals surface area contributed by atoms with Gasteiger partial charge < -0.3 is 11.1 Å². The lowest BCUT2D eigenvalue weighted by Gasteiger charge is -2.29. The number of thiophene rings is 1. The third-order valence-electron chi connectivity index (χ3n) is 4.28. The molecule has 1 aromatic rings. The molecule has 0 spiro atoms. The first-order chi connectivity index (χ1) is 9.58. The van der Waals surface area contributed by atoms with Gasteiger partial charge in [-0.25, -0.2) is 0 Å². The first-order valence-corrected chi connectivity index (χ1v) is 7.91. The van der Waals surface area contributed by atoms with Gasteiger partial charge >= 0.3 is 0 Å². The summed E-state index contributed by atoms with van der Waals surface area (Å²) in [6.07, 6.45) is 4.18. The Bertz CT molecular complexity index is 544. The number of hydrogen-bond donors (Lipinski definition) is 2. The van der Waals surface area contributed by atoms with E-state index < -0.39 is 0 Å². The van der Waals surface area contributed by atoms with Gasteiger partial charge in [0, 0.05) is 10.8 Å². The lowest BCUT2D eigenvalue weighted by atomic mass is 9.79. The third kappa shape index (κ3) is 2.87. The number of anilines is 1. The normalized spacial score (nSPS) is 22.3. The van der Waals surface area contributed by atoms with Crippen molar-refractivity contribution in [2.24, 2.45) is 17.6 Å². The summed E-state index contributed by atoms with van der Waals surface area (Å²) in [6.45, 7) is 4.45. The zero-order chi connectivity index (χ0) is 14.7. The molecule has 0 aromatic carbocycles. The molecule has 0 bridgehead atoms. The van der Waals surface area contributed by atoms with Gasteiger partial charge in [0.05, 0.1) is 5.56 Å². The Morgan fingerprint density at radius 3 is 2.80 bits per heavy atom. The predicted octanol–water partition coefficient (Wildman–Crippen LogP) is 2.94. The Hall–Kier alpha value is -1.38. The van der Waals surface area contributed by atoms with Crippen molar-refractivity contribution in [2.75, 3.05) is 11.9 Å². The zero-order valence-corrected chi connectivity index (χ0v) is 12.8. The SMILES string of the molecule is Cc1sc(NC(=O)C2CCCCC2CN)c(C#N)c1C. The van der Waals surface area contributed by atoms with E-state index in [1.165, 1.54) is 11.3 Å². The summed E-state index contributed by atoms with van der Waals surface area (Å²) in [6, 6.07) is 2.19. The van der Waals surface area contributed by atoms with Crippen molar-refractivity contribution < 1.29 is 4.79 Å². The first-order valence-electron chi connectivity index (χ1n) is 7.09. The van der Waals surface area contributed by atoms with Gasteiger partial charge in [0.2, 0.25) is 5.91 Å². The van der Waals surface area contributed by atoms with E-state index in [4.69, 9.17) is 5.73 Å². The number of nitrogens with one attached hydrogen (secondary N) is 1. The molecule has 1 amide bonds. The number of nitriles is 1. The van der Waals surface area contributed by atoms with Crippen molar-refractivity contribution in [2.45, 2.75) is 39.5 Å². The van der Waals surface area contributed by atoms with Crippen molar-refractivity contribution >= 4 is 22.2 Å². The molecule has 0 aliphatic heterocycles. The number of nitrogens with two attached hydrogens (primary N) is 1. The van der Waals surface area contributed by atoms with Crippen LogP contribution in [0.5, 0.6) is 0 Å². The Labute approximate surface area is 124 Å². The van der Waals surface area contributed by atoms with E-state index in [1.807, 2.05) is 13.8 Å². The molecule has 1 aliphatic rings. The van der Waals surface area contributed by atoms with Crippen molar-refractivity contribution in [1.82, 2.24) is 0 Å². The number of nitrogens with zero attached hydrogens (tertiary/aromatic N) is 1. The minimum atomic E-state index is -0.0111. The van der Waals surface area contributed by atoms with Crippen LogP contribution in [-0.4, -0.2) is 12.5 Å². The summed E-state index contributed by atoms with van der Waals surface area (Å²) in [5.41, 5.74) is 7.34. The predicted molar refractivity (Wildman–Crippen MR) is 81.6 cm³/mol. The number of aryl methyl sites for hydroxylation is 1. The Morgan fingerprint density at radius 2 is 2.15 bits per heavy atom. The number of carbonyl (C=O) groups is 1. The standard InChI is InChI=1S/C15H21N3OS/c1-9-10(2)20-15(13(9)8-17)18-14(19)12-6-4-3-5-11(12)7-16/h11-12H,3-7,16H2,1-2H3,(H,18,19). The van der Waals surface area contributed by atoms with Crippen LogP contribution in [0.1, 0.15) is 41.7 Å². The third-order valence-corrected chi connectivity index (χ3v) is 5.41. The molecule has 0 radical (unpaired) electrons. The van der Waals surface area contributed by atoms with Crippen molar-refractivity contribution in [3.8, 4) is 6.07 Å². The van der Waals surface area contributed by atoms with Gasteiger partial charge in [-0.3, -0.25) is 4.79 Å². The van der Waals surface area contributed by atoms with Crippen molar-refractivity contribution in [1.29, 1.82) is 5.26 Å². The molecule has 1 fully saturated rings. The van der Waals surface area contributed by atoms with E-state index in [-0.39, 0.29) is 17.7 Å². The molecule has 1 aliphatic carbocycles. The monoisotopic (exact) mass is 291 g/mol. The number of amides is 1. The molecule has 1 heterocycles. The quantitative estimate of drug-likeness (QED) is 0.898. The molecule has 108 valence electrons. The van der Waals surface area contributed by atoms with E-state index in [1.54, 1.807) is 0 Å². The fraction of sp³-hybridized carbons (Fsp3) is 0.600. The van der Waals surface area contributed by atoms with Crippen LogP contribution in [0.15, 0.2) is 0 Å². The molecule has 5 heteroatoms. The highest BCUT2D eigenvalue weighted by molar-refractivity contribution is 7.16. The summed E-state index contributed by atoms with van der Waals surface area (Å²) in [4.78, 5) is 13.5. The molecule has 20 heavy (non-hydrogen) atoms. The van der Waals surface area contributed by atoms with E-state index in [2.05, 4.69) is 11.4 Å². The summed E-state index contributed by atoms with van der Waals surface area (Å²) in [7, 11) is 0. The van der Waals surface area contributed by atoms with Gasteiger partial charge in [0.25, 0.3) is 0 Å². The maximum Gasteiger partial charge on any atom is 0.228 e. The minimum absolute atomic E-state index is 0.0111. The fourth-order valence-electron chi connectivity index (χ4n) is 2.89. The fourth-order valence-corrected chi connectivity index (χ4v) is 3.90. The molecule has 2 unspecified atom stereocenters. The highest BCUT2D eigenvalue weighted by Gasteiger charge is 2.30. The van der Waals surface area contributed by atoms with Gasteiger partial charge in [-0.05, 0) is 44.7 Å². The molecular weight excluding hydrogens is 270 g/mol. The van der Waals surface area contributed by atoms with E-state index in [0.717, 1.165) is 36.1 Å². The van der Waals surface area contributed by atoms with Gasteiger partial charge in [0.1, 0.15) is 11.1 Å². The first kappa shape index (κ1) is 15.0. The topological polar surface area (TPSA) is 78.9 Å². The number of hydrogen-bond acceptors (Lipinski definition) is 4. The lowest BCUT2D eigenvalue weighted by Crippen LogP contribution is -2.35. The van der Waals surface area contributed by atoms with Crippen molar-refractivity contribution in [3.05, 3.63) is 16.0 Å². The Kier molecular flexibility index (Phi) is 4.79. The largest absolute Gasteiger partial charge is 0.330 e. The van der Waals surface area contributed by atoms with Crippen LogP contribution in [-0.2, 0) is 4.79 Å². The van der Waals surface area contributed by atoms with Crippen molar-refractivity contribution in [3.63, 3.8) is 0 Å². The van der Waals surface area contributed by atoms with Crippen LogP contribution in [0.3, 0.4) is 0 Å². The summed E-state index contributed by atoms with van der Waals surface area (Å²) in [5.74, 6) is 0.289. The molecule has 1 aromatic heterocycles. The van der Waals surface area contributed by atoms with Crippen LogP contribution >= 0.6 is 11.3 Å². The molecule has 4 nitrogen and oxygen atoms in total. The van der Waals surface area contributed by atoms with E-state index >= 15 is 0 Å². The highest BCUT2D eigenvalue weighted by atomic mass is 32.1. The average molecular weight is 291 g/mol. The van der Waals surface area contributed by atoms with Crippen LogP contribution in [0.25, 0.3) is 0 Å². The van der Waals surface area contributed by atoms with Crippen LogP contribution in [0, 0.1) is 37.0 Å². The number of carbonyl (C=O) groups excluding carboxylic acids is 1. The molecule has 2 rings (SSSR count). The lowest BCUT2D eigenvalue weighted by molar-refractivity contribution is -0.122. The maximum absolute atomic E-state index is 12.5. The van der Waals surface area contributed by atoms with E-state index in [9.17, 15) is 10.1 Å². The van der Waals surface area contributed by atoms with Crippen LogP contribution in [0.2, 0.25) is 0 Å². The van der Waals surface area contributed by atoms with Gasteiger partial charge in [-0.2, -0.15) is 5.26 Å². The maximum atomic E-state index is 12.5. The van der Waals surface area contributed by atoms with Crippen LogP contribution in [0.4, 0.5) is 5.00 Å². The number of rotatable bonds is 3. The average Bonchev–Trinajstić information content (AvgIpc) is 2.73.